The molecule has 3 nitrogen and oxygen atoms in total. The third-order valence-corrected chi connectivity index (χ3v) is 6.25. The van der Waals surface area contributed by atoms with Crippen LogP contribution in [0.1, 0.15) is 62.2 Å². The van der Waals surface area contributed by atoms with E-state index in [9.17, 15) is 4.79 Å². The summed E-state index contributed by atoms with van der Waals surface area (Å²) in [7, 11) is 0. The summed E-state index contributed by atoms with van der Waals surface area (Å²) < 4.78 is 5.80. The molecule has 128 valence electrons. The van der Waals surface area contributed by atoms with Gasteiger partial charge >= 0.3 is 0 Å². The van der Waals surface area contributed by atoms with E-state index in [1.54, 1.807) is 0 Å². The van der Waals surface area contributed by atoms with E-state index in [4.69, 9.17) is 4.74 Å². The molecule has 1 aromatic carbocycles. The van der Waals surface area contributed by atoms with Gasteiger partial charge in [0.05, 0.1) is 6.61 Å². The number of hydrogen-bond donors (Lipinski definition) is 0. The van der Waals surface area contributed by atoms with Crippen LogP contribution < -0.4 is 0 Å². The van der Waals surface area contributed by atoms with Gasteiger partial charge in [-0.1, -0.05) is 18.2 Å². The molecule has 0 heterocycles. The molecule has 4 aliphatic rings. The predicted octanol–water partition coefficient (Wildman–Crippen LogP) is 4.87. The van der Waals surface area contributed by atoms with Gasteiger partial charge in [-0.25, -0.2) is 0 Å². The highest BCUT2D eigenvalue weighted by Gasteiger charge is 2.51. The first-order valence-corrected chi connectivity index (χ1v) is 9.45. The van der Waals surface area contributed by atoms with Crippen molar-refractivity contribution in [3.8, 4) is 0 Å². The van der Waals surface area contributed by atoms with Crippen molar-refractivity contribution < 1.29 is 9.53 Å². The third-order valence-electron chi connectivity index (χ3n) is 6.25. The summed E-state index contributed by atoms with van der Waals surface area (Å²) in [4.78, 5) is 16.8. The van der Waals surface area contributed by atoms with Crippen molar-refractivity contribution in [2.75, 3.05) is 6.61 Å². The zero-order valence-corrected chi connectivity index (χ0v) is 14.5. The number of benzene rings is 1. The van der Waals surface area contributed by atoms with Gasteiger partial charge in [0, 0.05) is 12.0 Å². The van der Waals surface area contributed by atoms with E-state index >= 15 is 0 Å². The molecule has 0 aliphatic heterocycles. The molecule has 24 heavy (non-hydrogen) atoms. The van der Waals surface area contributed by atoms with Gasteiger partial charge < -0.3 is 4.74 Å². The van der Waals surface area contributed by atoms with Gasteiger partial charge in [-0.3, -0.25) is 4.79 Å². The van der Waals surface area contributed by atoms with E-state index in [1.165, 1.54) is 38.5 Å². The van der Waals surface area contributed by atoms with E-state index in [-0.39, 0.29) is 5.91 Å². The Hall–Kier alpha value is -1.64. The Labute approximate surface area is 144 Å². The fraction of sp³-hybridized carbons (Fsp3) is 0.619. The molecule has 0 N–H and O–H groups in total. The van der Waals surface area contributed by atoms with Crippen LogP contribution in [0.2, 0.25) is 0 Å². The second-order valence-electron chi connectivity index (χ2n) is 8.20. The SMILES string of the molecule is CCOC(CC12CC3CC(CC(C3)C1)C2)=NC(=O)c1ccccc1. The van der Waals surface area contributed by atoms with E-state index in [0.29, 0.717) is 23.5 Å². The number of carbonyl (C=O) groups is 1. The number of carbonyl (C=O) groups excluding carboxylic acids is 1. The lowest BCUT2D eigenvalue weighted by Gasteiger charge is -2.56. The summed E-state index contributed by atoms with van der Waals surface area (Å²) >= 11 is 0. The van der Waals surface area contributed by atoms with Crippen LogP contribution in [0.15, 0.2) is 35.3 Å². The number of amides is 1. The number of aliphatic imine (C=N–C) groups is 1. The number of nitrogens with zero attached hydrogens (tertiary/aromatic N) is 1. The first kappa shape index (κ1) is 15.9. The van der Waals surface area contributed by atoms with Crippen LogP contribution in [0, 0.1) is 23.2 Å². The first-order valence-electron chi connectivity index (χ1n) is 9.45. The Kier molecular flexibility index (Phi) is 4.19. The van der Waals surface area contributed by atoms with Gasteiger partial charge in [-0.15, -0.1) is 0 Å². The van der Waals surface area contributed by atoms with Crippen molar-refractivity contribution in [3.63, 3.8) is 0 Å². The Morgan fingerprint density at radius 3 is 2.21 bits per heavy atom. The maximum absolute atomic E-state index is 12.4. The predicted molar refractivity (Wildman–Crippen MR) is 95.1 cm³/mol. The minimum Gasteiger partial charge on any atom is -0.481 e. The smallest absolute Gasteiger partial charge is 0.279 e. The monoisotopic (exact) mass is 325 g/mol. The molecule has 1 amide bonds. The van der Waals surface area contributed by atoms with E-state index in [2.05, 4.69) is 4.99 Å². The summed E-state index contributed by atoms with van der Waals surface area (Å²) in [5.74, 6) is 3.20. The van der Waals surface area contributed by atoms with Crippen LogP contribution in [-0.2, 0) is 4.74 Å². The maximum atomic E-state index is 12.4. The summed E-state index contributed by atoms with van der Waals surface area (Å²) in [5, 5.41) is 0. The first-order chi connectivity index (χ1) is 11.7. The number of rotatable bonds is 4. The molecule has 0 unspecified atom stereocenters. The van der Waals surface area contributed by atoms with Crippen molar-refractivity contribution in [1.82, 2.24) is 0 Å². The lowest BCUT2D eigenvalue weighted by atomic mass is 9.49. The van der Waals surface area contributed by atoms with Gasteiger partial charge in [-0.2, -0.15) is 4.99 Å². The molecule has 0 radical (unpaired) electrons. The molecule has 4 bridgehead atoms. The average Bonchev–Trinajstić information content (AvgIpc) is 2.54. The van der Waals surface area contributed by atoms with Gasteiger partial charge in [0.2, 0.25) is 0 Å². The highest BCUT2D eigenvalue weighted by Crippen LogP contribution is 2.61. The second-order valence-corrected chi connectivity index (χ2v) is 8.20. The maximum Gasteiger partial charge on any atom is 0.279 e. The lowest BCUT2D eigenvalue weighted by molar-refractivity contribution is -0.0505. The molecular weight excluding hydrogens is 298 g/mol. The van der Waals surface area contributed by atoms with Crippen LogP contribution in [0.5, 0.6) is 0 Å². The fourth-order valence-electron chi connectivity index (χ4n) is 5.88. The molecule has 5 rings (SSSR count). The normalized spacial score (nSPS) is 34.4. The zero-order valence-electron chi connectivity index (χ0n) is 14.5. The van der Waals surface area contributed by atoms with Crippen molar-refractivity contribution in [1.29, 1.82) is 0 Å². The quantitative estimate of drug-likeness (QED) is 0.585. The second kappa shape index (κ2) is 6.34. The molecule has 4 fully saturated rings. The highest BCUT2D eigenvalue weighted by molar-refractivity contribution is 6.01. The molecule has 0 atom stereocenters. The van der Waals surface area contributed by atoms with Crippen LogP contribution in [0.4, 0.5) is 0 Å². The average molecular weight is 325 g/mol. The standard InChI is InChI=1S/C21H27NO2/c1-2-24-19(22-20(23)18-6-4-3-5-7-18)14-21-11-15-8-16(12-21)10-17(9-15)13-21/h3-7,15-17H,2,8-14H2,1H3. The Morgan fingerprint density at radius 1 is 1.08 bits per heavy atom. The van der Waals surface area contributed by atoms with Crippen LogP contribution >= 0.6 is 0 Å². The topological polar surface area (TPSA) is 38.7 Å². The van der Waals surface area contributed by atoms with Crippen molar-refractivity contribution in [3.05, 3.63) is 35.9 Å². The molecular formula is C21H27NO2. The van der Waals surface area contributed by atoms with Crippen LogP contribution in [0.3, 0.4) is 0 Å². The van der Waals surface area contributed by atoms with Gasteiger partial charge in [0.1, 0.15) is 0 Å². The number of ether oxygens (including phenoxy) is 1. The van der Waals surface area contributed by atoms with E-state index < -0.39 is 0 Å². The van der Waals surface area contributed by atoms with Crippen molar-refractivity contribution in [2.24, 2.45) is 28.2 Å². The summed E-state index contributed by atoms with van der Waals surface area (Å²) in [6.45, 7) is 2.55. The lowest BCUT2D eigenvalue weighted by Crippen LogP contribution is -2.47. The molecule has 0 aromatic heterocycles. The van der Waals surface area contributed by atoms with Crippen LogP contribution in [0.25, 0.3) is 0 Å². The fourth-order valence-corrected chi connectivity index (χ4v) is 5.88. The van der Waals surface area contributed by atoms with Gasteiger partial charge in [0.25, 0.3) is 5.91 Å². The largest absolute Gasteiger partial charge is 0.481 e. The summed E-state index contributed by atoms with van der Waals surface area (Å²) in [5.41, 5.74) is 0.986. The van der Waals surface area contributed by atoms with Gasteiger partial charge in [0.15, 0.2) is 5.90 Å². The minimum atomic E-state index is -0.177. The third kappa shape index (κ3) is 3.13. The van der Waals surface area contributed by atoms with Crippen molar-refractivity contribution >= 4 is 11.8 Å². The summed E-state index contributed by atoms with van der Waals surface area (Å²) in [6.07, 6.45) is 9.08. The minimum absolute atomic E-state index is 0.177. The number of hydrogen-bond acceptors (Lipinski definition) is 2. The van der Waals surface area contributed by atoms with Crippen molar-refractivity contribution in [2.45, 2.75) is 51.9 Å². The molecule has 4 saturated carbocycles. The summed E-state index contributed by atoms with van der Waals surface area (Å²) in [6, 6.07) is 9.31. The van der Waals surface area contributed by atoms with Gasteiger partial charge in [-0.05, 0) is 80.8 Å². The highest BCUT2D eigenvalue weighted by atomic mass is 16.5. The Morgan fingerprint density at radius 2 is 1.67 bits per heavy atom. The molecule has 0 saturated heterocycles. The molecule has 3 heteroatoms. The Balaban J connectivity index is 1.53. The van der Waals surface area contributed by atoms with E-state index in [1.807, 2.05) is 37.3 Å². The van der Waals surface area contributed by atoms with E-state index in [0.717, 1.165) is 24.2 Å². The zero-order chi connectivity index (χ0) is 16.6. The molecule has 1 aromatic rings. The van der Waals surface area contributed by atoms with Crippen LogP contribution in [-0.4, -0.2) is 18.4 Å². The molecule has 4 aliphatic carbocycles. The Bertz CT molecular complexity index is 599. The molecule has 0 spiro atoms.